The number of carbonyl (C=O) groups is 1. The van der Waals surface area contributed by atoms with Gasteiger partial charge < -0.3 is 0 Å². The first-order chi connectivity index (χ1) is 11.5. The molecular weight excluding hydrogens is 430 g/mol. The molecule has 2 bridgehead atoms. The Bertz CT molecular complexity index is 948. The fourth-order valence-electron chi connectivity index (χ4n) is 3.35. The van der Waals surface area contributed by atoms with Crippen LogP contribution in [0.1, 0.15) is 27.3 Å². The van der Waals surface area contributed by atoms with Gasteiger partial charge in [0.25, 0.3) is 0 Å². The van der Waals surface area contributed by atoms with Gasteiger partial charge in [0, 0.05) is 53.7 Å². The van der Waals surface area contributed by atoms with Gasteiger partial charge in [0.15, 0.2) is 5.78 Å². The van der Waals surface area contributed by atoms with Gasteiger partial charge >= 0.3 is 0 Å². The van der Waals surface area contributed by atoms with Gasteiger partial charge in [-0.15, -0.1) is 0 Å². The summed E-state index contributed by atoms with van der Waals surface area (Å²) in [5.41, 5.74) is 7.06. The standard InChI is InChI=1S/C20H13Br2NO/c1-10-14-9-15(11(2)23-10)19-13(6-4-8-17(19)22)20(24)12-5-3-7-16(21)18(12)14/h3-9H,1-2H3. The van der Waals surface area contributed by atoms with E-state index in [9.17, 15) is 4.79 Å². The number of fused-ring (bicyclic) bond motifs is 6. The van der Waals surface area contributed by atoms with Crippen molar-refractivity contribution in [1.29, 1.82) is 0 Å². The summed E-state index contributed by atoms with van der Waals surface area (Å²) in [5.74, 6) is 0.0354. The van der Waals surface area contributed by atoms with Crippen molar-refractivity contribution >= 4 is 37.6 Å². The number of ketones is 1. The second kappa shape index (κ2) is 5.64. The maximum absolute atomic E-state index is 13.3. The lowest BCUT2D eigenvalue weighted by molar-refractivity contribution is 0.104. The highest BCUT2D eigenvalue weighted by atomic mass is 79.9. The molecule has 24 heavy (non-hydrogen) atoms. The minimum absolute atomic E-state index is 0.0354. The molecule has 0 fully saturated rings. The van der Waals surface area contributed by atoms with Crippen LogP contribution in [0.25, 0.3) is 22.3 Å². The van der Waals surface area contributed by atoms with Crippen molar-refractivity contribution in [3.8, 4) is 22.3 Å². The summed E-state index contributed by atoms with van der Waals surface area (Å²) in [5, 5.41) is 0. The van der Waals surface area contributed by atoms with E-state index in [1.807, 2.05) is 50.2 Å². The summed E-state index contributed by atoms with van der Waals surface area (Å²) >= 11 is 7.24. The molecule has 0 radical (unpaired) electrons. The van der Waals surface area contributed by atoms with Crippen molar-refractivity contribution in [2.24, 2.45) is 0 Å². The zero-order chi connectivity index (χ0) is 17.0. The molecule has 4 rings (SSSR count). The molecule has 118 valence electrons. The highest BCUT2D eigenvalue weighted by molar-refractivity contribution is 9.11. The SMILES string of the molecule is Cc1nc(C)c2cc1-c1c(Br)cccc1C(=O)c1cccc(Br)c1-2. The van der Waals surface area contributed by atoms with Crippen LogP contribution in [-0.2, 0) is 0 Å². The predicted octanol–water partition coefficient (Wildman–Crippen LogP) is 6.10. The van der Waals surface area contributed by atoms with E-state index in [0.29, 0.717) is 11.1 Å². The molecular formula is C20H13Br2NO. The second-order valence-electron chi connectivity index (χ2n) is 5.91. The molecule has 0 aliphatic heterocycles. The topological polar surface area (TPSA) is 30.0 Å². The van der Waals surface area contributed by atoms with E-state index >= 15 is 0 Å². The number of aryl methyl sites for hydroxylation is 2. The van der Waals surface area contributed by atoms with Gasteiger partial charge in [0.1, 0.15) is 0 Å². The van der Waals surface area contributed by atoms with Crippen LogP contribution in [0.4, 0.5) is 0 Å². The van der Waals surface area contributed by atoms with E-state index in [1.165, 1.54) is 0 Å². The molecule has 4 heteroatoms. The molecule has 2 nitrogen and oxygen atoms in total. The van der Waals surface area contributed by atoms with E-state index in [-0.39, 0.29) is 5.78 Å². The predicted molar refractivity (Wildman–Crippen MR) is 103 cm³/mol. The number of pyridine rings is 1. The fourth-order valence-corrected chi connectivity index (χ4v) is 4.51. The monoisotopic (exact) mass is 441 g/mol. The lowest BCUT2D eigenvalue weighted by atomic mass is 9.85. The quantitative estimate of drug-likeness (QED) is 0.329. The first-order valence-electron chi connectivity index (χ1n) is 7.59. The summed E-state index contributed by atoms with van der Waals surface area (Å²) in [7, 11) is 0. The molecule has 3 aromatic rings. The zero-order valence-corrected chi connectivity index (χ0v) is 16.3. The molecule has 0 unspecified atom stereocenters. The molecule has 0 saturated heterocycles. The summed E-state index contributed by atoms with van der Waals surface area (Å²) in [4.78, 5) is 18.0. The van der Waals surface area contributed by atoms with Crippen molar-refractivity contribution in [1.82, 2.24) is 4.98 Å². The molecule has 0 atom stereocenters. The Kier molecular flexibility index (Phi) is 3.70. The minimum Gasteiger partial charge on any atom is -0.289 e. The number of carbonyl (C=O) groups excluding carboxylic acids is 1. The smallest absolute Gasteiger partial charge is 0.194 e. The molecule has 1 aliphatic carbocycles. The number of hydrogen-bond acceptors (Lipinski definition) is 2. The van der Waals surface area contributed by atoms with Gasteiger partial charge in [0.05, 0.1) is 0 Å². The third kappa shape index (κ3) is 2.20. The van der Waals surface area contributed by atoms with Crippen LogP contribution >= 0.6 is 31.9 Å². The van der Waals surface area contributed by atoms with Crippen molar-refractivity contribution < 1.29 is 4.79 Å². The average molecular weight is 443 g/mol. The molecule has 2 aromatic carbocycles. The Balaban J connectivity index is 2.25. The van der Waals surface area contributed by atoms with Gasteiger partial charge in [-0.05, 0) is 32.0 Å². The Morgan fingerprint density at radius 1 is 0.750 bits per heavy atom. The van der Waals surface area contributed by atoms with Crippen molar-refractivity contribution in [3.63, 3.8) is 0 Å². The largest absolute Gasteiger partial charge is 0.289 e. The molecule has 0 amide bonds. The fraction of sp³-hybridized carbons (Fsp3) is 0.100. The maximum Gasteiger partial charge on any atom is 0.194 e. The summed E-state index contributed by atoms with van der Waals surface area (Å²) in [6.07, 6.45) is 0. The van der Waals surface area contributed by atoms with Crippen molar-refractivity contribution in [2.75, 3.05) is 0 Å². The molecule has 0 saturated carbocycles. The number of rotatable bonds is 0. The minimum atomic E-state index is 0.0354. The number of benzene rings is 2. The summed E-state index contributed by atoms with van der Waals surface area (Å²) in [6.45, 7) is 3.98. The zero-order valence-electron chi connectivity index (χ0n) is 13.2. The molecule has 1 heterocycles. The Labute approximate surface area is 157 Å². The van der Waals surface area contributed by atoms with E-state index in [0.717, 1.165) is 42.6 Å². The van der Waals surface area contributed by atoms with E-state index in [1.54, 1.807) is 0 Å². The highest BCUT2D eigenvalue weighted by Gasteiger charge is 2.26. The van der Waals surface area contributed by atoms with Crippen LogP contribution in [0.2, 0.25) is 0 Å². The van der Waals surface area contributed by atoms with Gasteiger partial charge in [0.2, 0.25) is 0 Å². The van der Waals surface area contributed by atoms with Crippen LogP contribution in [0.5, 0.6) is 0 Å². The van der Waals surface area contributed by atoms with Gasteiger partial charge in [-0.3, -0.25) is 9.78 Å². The van der Waals surface area contributed by atoms with Crippen LogP contribution in [-0.4, -0.2) is 10.8 Å². The Morgan fingerprint density at radius 2 is 1.21 bits per heavy atom. The lowest BCUT2D eigenvalue weighted by Crippen LogP contribution is -2.11. The second-order valence-corrected chi connectivity index (χ2v) is 7.62. The normalized spacial score (nSPS) is 12.2. The Hall–Kier alpha value is -1.78. The summed E-state index contributed by atoms with van der Waals surface area (Å²) in [6, 6.07) is 13.7. The highest BCUT2D eigenvalue weighted by Crippen LogP contribution is 2.43. The van der Waals surface area contributed by atoms with E-state index < -0.39 is 0 Å². The molecule has 0 N–H and O–H groups in total. The summed E-state index contributed by atoms with van der Waals surface area (Å²) < 4.78 is 1.82. The lowest BCUT2D eigenvalue weighted by Gasteiger charge is -2.21. The number of aromatic nitrogens is 1. The van der Waals surface area contributed by atoms with Crippen LogP contribution < -0.4 is 0 Å². The van der Waals surface area contributed by atoms with E-state index in [2.05, 4.69) is 37.9 Å². The Morgan fingerprint density at radius 3 is 1.67 bits per heavy atom. The number of halogens is 2. The molecule has 1 aliphatic rings. The first-order valence-corrected chi connectivity index (χ1v) is 9.18. The molecule has 1 aromatic heterocycles. The van der Waals surface area contributed by atoms with Gasteiger partial charge in [-0.1, -0.05) is 56.1 Å². The first kappa shape index (κ1) is 15.7. The maximum atomic E-state index is 13.3. The van der Waals surface area contributed by atoms with Gasteiger partial charge in [-0.2, -0.15) is 0 Å². The molecule has 0 spiro atoms. The third-order valence-corrected chi connectivity index (χ3v) is 5.78. The third-order valence-electron chi connectivity index (χ3n) is 4.46. The van der Waals surface area contributed by atoms with Crippen LogP contribution in [0, 0.1) is 13.8 Å². The van der Waals surface area contributed by atoms with Crippen molar-refractivity contribution in [3.05, 3.63) is 73.9 Å². The van der Waals surface area contributed by atoms with E-state index in [4.69, 9.17) is 4.98 Å². The van der Waals surface area contributed by atoms with Crippen LogP contribution in [0.15, 0.2) is 51.4 Å². The number of nitrogens with zero attached hydrogens (tertiary/aromatic N) is 1. The average Bonchev–Trinajstić information content (AvgIpc) is 2.54. The van der Waals surface area contributed by atoms with Crippen molar-refractivity contribution in [2.45, 2.75) is 13.8 Å². The van der Waals surface area contributed by atoms with Gasteiger partial charge in [-0.25, -0.2) is 0 Å². The number of hydrogen-bond donors (Lipinski definition) is 0. The van der Waals surface area contributed by atoms with Crippen LogP contribution in [0.3, 0.4) is 0 Å².